The van der Waals surface area contributed by atoms with Crippen LogP contribution in [0.15, 0.2) is 48.5 Å². The van der Waals surface area contributed by atoms with E-state index in [-0.39, 0.29) is 31.2 Å². The summed E-state index contributed by atoms with van der Waals surface area (Å²) in [7, 11) is 1.64. The second-order valence-corrected chi connectivity index (χ2v) is 9.42. The highest BCUT2D eigenvalue weighted by Gasteiger charge is 2.28. The van der Waals surface area contributed by atoms with Gasteiger partial charge in [0.1, 0.15) is 11.6 Å². The third-order valence-corrected chi connectivity index (χ3v) is 6.69. The normalized spacial score (nSPS) is 15.7. The number of Topliss-reactive ketones (excluding diaryl/α,β-unsaturated/α-hetero) is 1. The fourth-order valence-electron chi connectivity index (χ4n) is 4.56. The van der Waals surface area contributed by atoms with Gasteiger partial charge in [0.25, 0.3) is 0 Å². The lowest BCUT2D eigenvalue weighted by molar-refractivity contribution is -0.128. The Labute approximate surface area is 222 Å². The van der Waals surface area contributed by atoms with Crippen molar-refractivity contribution in [3.8, 4) is 5.75 Å². The van der Waals surface area contributed by atoms with E-state index >= 15 is 0 Å². The minimum absolute atomic E-state index is 0.0546. The average Bonchev–Trinajstić information content (AvgIpc) is 3.27. The molecule has 38 heavy (non-hydrogen) atoms. The standard InChI is InChI=1S/C28H32N6O4/c1-37-24-9-4-21(5-10-24)17-29-28-31-25(30-26(32-28)19-34-18-23(35)16-27(34)36)11-6-20-2-7-22(8-3-20)33-12-14-38-15-13-33/h2-5,7-10H,6,11-19H2,1H3,(H,29,30,31,32). The highest BCUT2D eigenvalue weighted by atomic mass is 16.5. The summed E-state index contributed by atoms with van der Waals surface area (Å²) < 4.78 is 10.7. The molecule has 0 bridgehead atoms. The molecule has 0 spiro atoms. The Hall–Kier alpha value is -4.05. The van der Waals surface area contributed by atoms with Crippen LogP contribution >= 0.6 is 0 Å². The zero-order valence-electron chi connectivity index (χ0n) is 21.6. The van der Waals surface area contributed by atoms with Gasteiger partial charge in [-0.15, -0.1) is 0 Å². The van der Waals surface area contributed by atoms with Crippen LogP contribution in [0.3, 0.4) is 0 Å². The summed E-state index contributed by atoms with van der Waals surface area (Å²) in [4.78, 5) is 41.6. The Morgan fingerprint density at radius 1 is 0.895 bits per heavy atom. The smallest absolute Gasteiger partial charge is 0.230 e. The van der Waals surface area contributed by atoms with Crippen LogP contribution in [0.4, 0.5) is 11.6 Å². The number of ether oxygens (including phenoxy) is 2. The number of aromatic nitrogens is 3. The molecule has 1 N–H and O–H groups in total. The number of hydrogen-bond acceptors (Lipinski definition) is 9. The highest BCUT2D eigenvalue weighted by molar-refractivity contribution is 6.05. The van der Waals surface area contributed by atoms with Gasteiger partial charge in [0.2, 0.25) is 11.9 Å². The van der Waals surface area contributed by atoms with Crippen LogP contribution in [0.2, 0.25) is 0 Å². The third kappa shape index (κ3) is 6.63. The van der Waals surface area contributed by atoms with E-state index in [1.807, 2.05) is 24.3 Å². The van der Waals surface area contributed by atoms with Crippen molar-refractivity contribution in [3.05, 3.63) is 71.3 Å². The molecular weight excluding hydrogens is 484 g/mol. The summed E-state index contributed by atoms with van der Waals surface area (Å²) in [5.74, 6) is 2.08. The Morgan fingerprint density at radius 3 is 2.29 bits per heavy atom. The predicted molar refractivity (Wildman–Crippen MR) is 142 cm³/mol. The van der Waals surface area contributed by atoms with E-state index in [2.05, 4.69) is 49.4 Å². The number of methoxy groups -OCH3 is 1. The summed E-state index contributed by atoms with van der Waals surface area (Å²) in [5, 5.41) is 3.28. The van der Waals surface area contributed by atoms with Gasteiger partial charge in [0.05, 0.1) is 39.8 Å². The van der Waals surface area contributed by atoms with Crippen LogP contribution in [0.5, 0.6) is 5.75 Å². The van der Waals surface area contributed by atoms with Gasteiger partial charge >= 0.3 is 0 Å². The van der Waals surface area contributed by atoms with Gasteiger partial charge < -0.3 is 24.6 Å². The lowest BCUT2D eigenvalue weighted by atomic mass is 10.1. The number of likely N-dealkylation sites (tertiary alicyclic amines) is 1. The maximum atomic E-state index is 12.2. The van der Waals surface area contributed by atoms with Crippen LogP contribution in [0, 0.1) is 0 Å². The first-order valence-electron chi connectivity index (χ1n) is 12.9. The lowest BCUT2D eigenvalue weighted by Gasteiger charge is -2.28. The summed E-state index contributed by atoms with van der Waals surface area (Å²) in [5.41, 5.74) is 3.45. The Bertz CT molecular complexity index is 1260. The first kappa shape index (κ1) is 25.6. The van der Waals surface area contributed by atoms with Gasteiger partial charge in [-0.25, -0.2) is 4.98 Å². The Kier molecular flexibility index (Phi) is 8.08. The van der Waals surface area contributed by atoms with Gasteiger partial charge in [0, 0.05) is 31.7 Å². The fraction of sp³-hybridized carbons (Fsp3) is 0.393. The van der Waals surface area contributed by atoms with Gasteiger partial charge in [-0.3, -0.25) is 9.59 Å². The zero-order valence-corrected chi connectivity index (χ0v) is 21.6. The van der Waals surface area contributed by atoms with E-state index in [4.69, 9.17) is 9.47 Å². The fourth-order valence-corrected chi connectivity index (χ4v) is 4.56. The number of rotatable bonds is 10. The van der Waals surface area contributed by atoms with Crippen molar-refractivity contribution >= 4 is 23.3 Å². The molecule has 10 nitrogen and oxygen atoms in total. The highest BCUT2D eigenvalue weighted by Crippen LogP contribution is 2.18. The van der Waals surface area contributed by atoms with Crippen LogP contribution < -0.4 is 15.0 Å². The van der Waals surface area contributed by atoms with Crippen molar-refractivity contribution < 1.29 is 19.1 Å². The molecule has 2 aliphatic heterocycles. The number of hydrogen-bond donors (Lipinski definition) is 1. The number of aryl methyl sites for hydroxylation is 2. The van der Waals surface area contributed by atoms with Crippen molar-refractivity contribution in [3.63, 3.8) is 0 Å². The van der Waals surface area contributed by atoms with Crippen LogP contribution in [0.1, 0.15) is 29.2 Å². The summed E-state index contributed by atoms with van der Waals surface area (Å²) >= 11 is 0. The number of morpholine rings is 1. The summed E-state index contributed by atoms with van der Waals surface area (Å²) in [6.07, 6.45) is 1.34. The van der Waals surface area contributed by atoms with E-state index in [9.17, 15) is 9.59 Å². The van der Waals surface area contributed by atoms with Crippen molar-refractivity contribution in [2.45, 2.75) is 32.4 Å². The van der Waals surface area contributed by atoms with Crippen LogP contribution in [-0.2, 0) is 40.3 Å². The molecular formula is C28H32N6O4. The van der Waals surface area contributed by atoms with Crippen LogP contribution in [0.25, 0.3) is 0 Å². The molecule has 0 saturated carbocycles. The number of ketones is 1. The molecule has 1 aromatic heterocycles. The summed E-state index contributed by atoms with van der Waals surface area (Å²) in [6.45, 7) is 4.15. The molecule has 0 atom stereocenters. The van der Waals surface area contributed by atoms with E-state index in [1.54, 1.807) is 7.11 Å². The number of carbonyl (C=O) groups is 2. The number of anilines is 2. The molecule has 10 heteroatoms. The monoisotopic (exact) mass is 516 g/mol. The minimum Gasteiger partial charge on any atom is -0.497 e. The number of nitrogens with zero attached hydrogens (tertiary/aromatic N) is 5. The van der Waals surface area contributed by atoms with Gasteiger partial charge in [-0.05, 0) is 41.8 Å². The molecule has 3 aromatic rings. The number of carbonyl (C=O) groups excluding carboxylic acids is 2. The molecule has 3 heterocycles. The van der Waals surface area contributed by atoms with Gasteiger partial charge in [-0.1, -0.05) is 24.3 Å². The lowest BCUT2D eigenvalue weighted by Crippen LogP contribution is -2.36. The zero-order chi connectivity index (χ0) is 26.3. The molecule has 0 radical (unpaired) electrons. The molecule has 2 fully saturated rings. The average molecular weight is 517 g/mol. The molecule has 1 amide bonds. The maximum absolute atomic E-state index is 12.2. The second-order valence-electron chi connectivity index (χ2n) is 9.42. The molecule has 0 aliphatic carbocycles. The number of amides is 1. The molecule has 198 valence electrons. The molecule has 2 saturated heterocycles. The second kappa shape index (κ2) is 12.0. The van der Waals surface area contributed by atoms with Crippen molar-refractivity contribution in [2.75, 3.05) is 50.2 Å². The number of nitrogens with one attached hydrogen (secondary N) is 1. The van der Waals surface area contributed by atoms with Crippen molar-refractivity contribution in [1.29, 1.82) is 0 Å². The van der Waals surface area contributed by atoms with E-state index < -0.39 is 0 Å². The summed E-state index contributed by atoms with van der Waals surface area (Å²) in [6, 6.07) is 16.3. The first-order valence-corrected chi connectivity index (χ1v) is 12.9. The topological polar surface area (TPSA) is 110 Å². The number of benzene rings is 2. The van der Waals surface area contributed by atoms with E-state index in [0.29, 0.717) is 30.6 Å². The maximum Gasteiger partial charge on any atom is 0.230 e. The van der Waals surface area contributed by atoms with E-state index in [0.717, 1.165) is 44.0 Å². The molecule has 2 aromatic carbocycles. The van der Waals surface area contributed by atoms with Crippen molar-refractivity contribution in [1.82, 2.24) is 19.9 Å². The predicted octanol–water partition coefficient (Wildman–Crippen LogP) is 2.42. The van der Waals surface area contributed by atoms with Gasteiger partial charge in [-0.2, -0.15) is 9.97 Å². The molecule has 5 rings (SSSR count). The van der Waals surface area contributed by atoms with Crippen molar-refractivity contribution in [2.24, 2.45) is 0 Å². The van der Waals surface area contributed by atoms with E-state index in [1.165, 1.54) is 16.2 Å². The third-order valence-electron chi connectivity index (χ3n) is 6.69. The Morgan fingerprint density at radius 2 is 1.61 bits per heavy atom. The Balaban J connectivity index is 1.27. The minimum atomic E-state index is -0.190. The molecule has 2 aliphatic rings. The quantitative estimate of drug-likeness (QED) is 0.406. The van der Waals surface area contributed by atoms with Crippen LogP contribution in [-0.4, -0.2) is 71.5 Å². The largest absolute Gasteiger partial charge is 0.497 e. The molecule has 0 unspecified atom stereocenters. The van der Waals surface area contributed by atoms with Gasteiger partial charge in [0.15, 0.2) is 11.6 Å². The SMILES string of the molecule is COc1ccc(CNc2nc(CCc3ccc(N4CCOCC4)cc3)nc(CN3CC(=O)CC3=O)n2)cc1. The first-order chi connectivity index (χ1) is 18.6.